The van der Waals surface area contributed by atoms with Crippen LogP contribution in [0.25, 0.3) is 0 Å². The van der Waals surface area contributed by atoms with Crippen molar-refractivity contribution in [2.45, 2.75) is 56.5 Å². The summed E-state index contributed by atoms with van der Waals surface area (Å²) in [5.41, 5.74) is 1.53. The monoisotopic (exact) mass is 290 g/mol. The van der Waals surface area contributed by atoms with Gasteiger partial charge in [-0.15, -0.1) is 0 Å². The first kappa shape index (κ1) is 16.3. The zero-order valence-electron chi connectivity index (χ0n) is 13.7. The number of phenolic OH excluding ortho intramolecular Hbond substituents is 1. The normalized spacial score (nSPS) is 20.2. The Hall–Kier alpha value is -1.06. The van der Waals surface area contributed by atoms with E-state index in [1.54, 1.807) is 12.1 Å². The van der Waals surface area contributed by atoms with Gasteiger partial charge in [0.1, 0.15) is 5.75 Å². The maximum absolute atomic E-state index is 9.45. The first-order valence-corrected chi connectivity index (χ1v) is 8.21. The number of phenols is 1. The van der Waals surface area contributed by atoms with E-state index in [9.17, 15) is 5.11 Å². The van der Waals surface area contributed by atoms with Crippen LogP contribution in [-0.2, 0) is 6.42 Å². The number of hydrogen-bond donors (Lipinski definition) is 2. The highest BCUT2D eigenvalue weighted by Gasteiger charge is 2.40. The van der Waals surface area contributed by atoms with Crippen LogP contribution < -0.4 is 5.32 Å². The number of nitrogens with zero attached hydrogens (tertiary/aromatic N) is 1. The lowest BCUT2D eigenvalue weighted by molar-refractivity contribution is 0.0835. The molecule has 1 atom stereocenters. The predicted octanol–water partition coefficient (Wildman–Crippen LogP) is 3.18. The number of likely N-dealkylation sites (N-methyl/N-ethyl adjacent to an activating group) is 2. The molecule has 0 bridgehead atoms. The number of aromatic hydroxyl groups is 1. The molecule has 21 heavy (non-hydrogen) atoms. The highest BCUT2D eigenvalue weighted by atomic mass is 16.3. The summed E-state index contributed by atoms with van der Waals surface area (Å²) in [6, 6.07) is 8.10. The molecule has 0 radical (unpaired) electrons. The standard InChI is InChI=1S/C18H30N2O/c1-19-17(14-15-8-10-16(21)11-9-15)18(20(2)3)12-6-4-5-7-13-18/h8-11,17,19,21H,4-7,12-14H2,1-3H3. The van der Waals surface area contributed by atoms with Crippen molar-refractivity contribution in [3.05, 3.63) is 29.8 Å². The second kappa shape index (κ2) is 7.28. The molecule has 1 fully saturated rings. The van der Waals surface area contributed by atoms with Gasteiger partial charge >= 0.3 is 0 Å². The zero-order valence-corrected chi connectivity index (χ0v) is 13.7. The third-order valence-electron chi connectivity index (χ3n) is 5.23. The van der Waals surface area contributed by atoms with E-state index in [2.05, 4.69) is 31.4 Å². The molecule has 0 spiro atoms. The van der Waals surface area contributed by atoms with Crippen molar-refractivity contribution in [1.29, 1.82) is 0 Å². The van der Waals surface area contributed by atoms with Crippen LogP contribution in [0, 0.1) is 0 Å². The third kappa shape index (κ3) is 3.78. The summed E-state index contributed by atoms with van der Waals surface area (Å²) in [4.78, 5) is 2.44. The second-order valence-corrected chi connectivity index (χ2v) is 6.62. The molecule has 1 aliphatic rings. The fourth-order valence-corrected chi connectivity index (χ4v) is 3.88. The first-order valence-electron chi connectivity index (χ1n) is 8.21. The van der Waals surface area contributed by atoms with Crippen molar-refractivity contribution in [2.24, 2.45) is 0 Å². The van der Waals surface area contributed by atoms with Gasteiger partial charge in [0, 0.05) is 11.6 Å². The highest BCUT2D eigenvalue weighted by molar-refractivity contribution is 5.27. The van der Waals surface area contributed by atoms with E-state index in [1.165, 1.54) is 44.1 Å². The van der Waals surface area contributed by atoms with Gasteiger partial charge in [-0.3, -0.25) is 0 Å². The van der Waals surface area contributed by atoms with E-state index < -0.39 is 0 Å². The summed E-state index contributed by atoms with van der Waals surface area (Å²) in [5.74, 6) is 0.344. The molecule has 0 heterocycles. The molecule has 2 rings (SSSR count). The number of benzene rings is 1. The van der Waals surface area contributed by atoms with Gasteiger partial charge in [-0.1, -0.05) is 37.8 Å². The van der Waals surface area contributed by atoms with Crippen LogP contribution in [-0.4, -0.2) is 42.7 Å². The van der Waals surface area contributed by atoms with Crippen molar-refractivity contribution < 1.29 is 5.11 Å². The van der Waals surface area contributed by atoms with Crippen LogP contribution in [0.1, 0.15) is 44.1 Å². The smallest absolute Gasteiger partial charge is 0.115 e. The zero-order chi connectivity index (χ0) is 15.3. The van der Waals surface area contributed by atoms with E-state index in [-0.39, 0.29) is 5.54 Å². The van der Waals surface area contributed by atoms with Gasteiger partial charge < -0.3 is 15.3 Å². The summed E-state index contributed by atoms with van der Waals surface area (Å²) in [7, 11) is 6.54. The Morgan fingerprint density at radius 2 is 1.67 bits per heavy atom. The fraction of sp³-hybridized carbons (Fsp3) is 0.667. The van der Waals surface area contributed by atoms with Crippen molar-refractivity contribution in [3.63, 3.8) is 0 Å². The van der Waals surface area contributed by atoms with Crippen LogP contribution >= 0.6 is 0 Å². The van der Waals surface area contributed by atoms with Crippen molar-refractivity contribution in [2.75, 3.05) is 21.1 Å². The molecule has 3 nitrogen and oxygen atoms in total. The topological polar surface area (TPSA) is 35.5 Å². The summed E-state index contributed by atoms with van der Waals surface area (Å²) in [6.07, 6.45) is 8.93. The molecule has 0 aromatic heterocycles. The molecular formula is C18H30N2O. The minimum absolute atomic E-state index is 0.239. The fourth-order valence-electron chi connectivity index (χ4n) is 3.88. The Balaban J connectivity index is 2.20. The van der Waals surface area contributed by atoms with E-state index in [0.29, 0.717) is 11.8 Å². The van der Waals surface area contributed by atoms with Gasteiger partial charge in [-0.2, -0.15) is 0 Å². The molecule has 1 aromatic carbocycles. The second-order valence-electron chi connectivity index (χ2n) is 6.62. The van der Waals surface area contributed by atoms with Gasteiger partial charge in [0.05, 0.1) is 0 Å². The molecule has 1 unspecified atom stereocenters. The van der Waals surface area contributed by atoms with Crippen molar-refractivity contribution >= 4 is 0 Å². The largest absolute Gasteiger partial charge is 0.508 e. The molecule has 2 N–H and O–H groups in total. The number of hydrogen-bond acceptors (Lipinski definition) is 3. The third-order valence-corrected chi connectivity index (χ3v) is 5.23. The van der Waals surface area contributed by atoms with Gasteiger partial charge in [-0.05, 0) is 58.1 Å². The first-order chi connectivity index (χ1) is 10.1. The Morgan fingerprint density at radius 3 is 2.14 bits per heavy atom. The SMILES string of the molecule is CNC(Cc1ccc(O)cc1)C1(N(C)C)CCCCCC1. The average molecular weight is 290 g/mol. The minimum atomic E-state index is 0.239. The maximum atomic E-state index is 9.45. The summed E-state index contributed by atoms with van der Waals surface area (Å²) in [6.45, 7) is 0. The lowest BCUT2D eigenvalue weighted by Gasteiger charge is -2.46. The summed E-state index contributed by atoms with van der Waals surface area (Å²) in [5, 5.41) is 13.0. The molecule has 0 saturated heterocycles. The number of nitrogens with one attached hydrogen (secondary N) is 1. The highest BCUT2D eigenvalue weighted by Crippen LogP contribution is 2.35. The molecule has 1 aromatic rings. The van der Waals surface area contributed by atoms with Crippen LogP contribution in [0.5, 0.6) is 5.75 Å². The van der Waals surface area contributed by atoms with Crippen molar-refractivity contribution in [3.8, 4) is 5.75 Å². The molecule has 0 aliphatic heterocycles. The van der Waals surface area contributed by atoms with E-state index in [1.807, 2.05) is 12.1 Å². The van der Waals surface area contributed by atoms with Crippen LogP contribution in [0.2, 0.25) is 0 Å². The average Bonchev–Trinajstić information content (AvgIpc) is 2.73. The van der Waals surface area contributed by atoms with E-state index in [0.717, 1.165) is 6.42 Å². The minimum Gasteiger partial charge on any atom is -0.508 e. The molecule has 3 heteroatoms. The molecular weight excluding hydrogens is 260 g/mol. The van der Waals surface area contributed by atoms with Crippen LogP contribution in [0.15, 0.2) is 24.3 Å². The van der Waals surface area contributed by atoms with Gasteiger partial charge in [-0.25, -0.2) is 0 Å². The molecule has 118 valence electrons. The Kier molecular flexibility index (Phi) is 5.65. The predicted molar refractivity (Wildman–Crippen MR) is 88.8 cm³/mol. The maximum Gasteiger partial charge on any atom is 0.115 e. The van der Waals surface area contributed by atoms with E-state index in [4.69, 9.17) is 0 Å². The quantitative estimate of drug-likeness (QED) is 0.818. The Labute approximate surface area is 129 Å². The van der Waals surface area contributed by atoms with Crippen molar-refractivity contribution in [1.82, 2.24) is 10.2 Å². The Morgan fingerprint density at radius 1 is 1.10 bits per heavy atom. The van der Waals surface area contributed by atoms with Gasteiger partial charge in [0.15, 0.2) is 0 Å². The summed E-state index contributed by atoms with van der Waals surface area (Å²) >= 11 is 0. The lowest BCUT2D eigenvalue weighted by Crippen LogP contribution is -2.59. The van der Waals surface area contributed by atoms with Gasteiger partial charge in [0.2, 0.25) is 0 Å². The van der Waals surface area contributed by atoms with E-state index >= 15 is 0 Å². The van der Waals surface area contributed by atoms with Crippen LogP contribution in [0.4, 0.5) is 0 Å². The molecule has 0 amide bonds. The van der Waals surface area contributed by atoms with Gasteiger partial charge in [0.25, 0.3) is 0 Å². The number of rotatable bonds is 5. The van der Waals surface area contributed by atoms with Crippen LogP contribution in [0.3, 0.4) is 0 Å². The lowest BCUT2D eigenvalue weighted by atomic mass is 9.78. The summed E-state index contributed by atoms with van der Waals surface area (Å²) < 4.78 is 0. The molecule has 1 saturated carbocycles. The molecule has 1 aliphatic carbocycles. The Bertz CT molecular complexity index is 419.